The van der Waals surface area contributed by atoms with Crippen molar-refractivity contribution in [3.8, 4) is 0 Å². The summed E-state index contributed by atoms with van der Waals surface area (Å²) in [6.45, 7) is 1.76. The molecule has 2 unspecified atom stereocenters. The number of hydrogen-bond donors (Lipinski definition) is 2. The second-order valence-corrected chi connectivity index (χ2v) is 8.59. The minimum Gasteiger partial charge on any atom is -0.324 e. The van der Waals surface area contributed by atoms with Crippen LogP contribution in [0.2, 0.25) is 0 Å². The molecule has 1 aliphatic carbocycles. The quantitative estimate of drug-likeness (QED) is 0.262. The number of nitrogens with one attached hydrogen (secondary N) is 1. The Morgan fingerprint density at radius 3 is 2.67 bits per heavy atom. The van der Waals surface area contributed by atoms with Gasteiger partial charge >= 0.3 is 0 Å². The Kier molecular flexibility index (Phi) is 4.22. The summed E-state index contributed by atoms with van der Waals surface area (Å²) in [5.74, 6) is -1.07. The first-order valence-corrected chi connectivity index (χ1v) is 10.7. The smallest absolute Gasteiger partial charge is 0.156 e. The second-order valence-electron chi connectivity index (χ2n) is 8.59. The maximum Gasteiger partial charge on any atom is 0.156 e. The van der Waals surface area contributed by atoms with Crippen molar-refractivity contribution in [3.63, 3.8) is 0 Å². The van der Waals surface area contributed by atoms with Gasteiger partial charge in [0.05, 0.1) is 22.1 Å². The third-order valence-electron chi connectivity index (χ3n) is 6.52. The van der Waals surface area contributed by atoms with E-state index >= 15 is 4.39 Å². The molecule has 0 saturated heterocycles. The van der Waals surface area contributed by atoms with Gasteiger partial charge in [-0.15, -0.1) is 0 Å². The molecular formula is C27H20F2N4. The molecular weight excluding hydrogens is 418 g/mol. The largest absolute Gasteiger partial charge is 0.324 e. The standard InChI is InChI=1S/C27H20F2N4/c1-14(30)19-10-15(2-6-22(19)31)16-3-7-23-20(11-16)27-17(13-32-23)4-8-25-26(29)21-12-18(28)5-9-24(21)33(25)27/h2-13,19,22,30H,31H2,1H3. The van der Waals surface area contributed by atoms with Crippen LogP contribution in [-0.2, 0) is 0 Å². The van der Waals surface area contributed by atoms with Crippen molar-refractivity contribution >= 4 is 49.5 Å². The lowest BCUT2D eigenvalue weighted by molar-refractivity contribution is 0.625. The molecule has 0 spiro atoms. The van der Waals surface area contributed by atoms with E-state index in [9.17, 15) is 4.39 Å². The van der Waals surface area contributed by atoms with Gasteiger partial charge in [-0.25, -0.2) is 8.78 Å². The lowest BCUT2D eigenvalue weighted by Gasteiger charge is -2.22. The summed E-state index contributed by atoms with van der Waals surface area (Å²) in [6, 6.07) is 13.5. The van der Waals surface area contributed by atoms with Gasteiger partial charge in [-0.05, 0) is 60.5 Å². The Labute approximate surface area is 188 Å². The van der Waals surface area contributed by atoms with E-state index in [1.54, 1.807) is 25.3 Å². The monoisotopic (exact) mass is 438 g/mol. The third kappa shape index (κ3) is 2.91. The Balaban J connectivity index is 1.69. The number of fused-ring (bicyclic) bond motifs is 7. The molecule has 33 heavy (non-hydrogen) atoms. The molecule has 4 nitrogen and oxygen atoms in total. The van der Waals surface area contributed by atoms with Crippen LogP contribution in [0.25, 0.3) is 43.8 Å². The van der Waals surface area contributed by atoms with Gasteiger partial charge < -0.3 is 15.5 Å². The molecule has 2 aromatic carbocycles. The normalized spacial score (nSPS) is 18.5. The predicted octanol–water partition coefficient (Wildman–Crippen LogP) is 6.01. The highest BCUT2D eigenvalue weighted by Crippen LogP contribution is 2.34. The SMILES string of the molecule is CC(=N)C1C=C(c2ccc3ncc4ccc5c(F)c6cc(F)ccc6n5c4c3c2)C=CC1N. The van der Waals surface area contributed by atoms with Crippen molar-refractivity contribution < 1.29 is 8.78 Å². The first-order chi connectivity index (χ1) is 15.9. The molecule has 0 radical (unpaired) electrons. The summed E-state index contributed by atoms with van der Waals surface area (Å²) in [5, 5.41) is 10.0. The van der Waals surface area contributed by atoms with E-state index in [1.807, 2.05) is 46.9 Å². The Bertz CT molecular complexity index is 1690. The molecule has 1 aliphatic rings. The van der Waals surface area contributed by atoms with Gasteiger partial charge in [0.25, 0.3) is 0 Å². The molecule has 5 aromatic rings. The van der Waals surface area contributed by atoms with Crippen LogP contribution in [0, 0.1) is 23.0 Å². The Morgan fingerprint density at radius 2 is 1.85 bits per heavy atom. The van der Waals surface area contributed by atoms with Gasteiger partial charge in [0, 0.05) is 40.0 Å². The van der Waals surface area contributed by atoms with E-state index in [-0.39, 0.29) is 17.3 Å². The van der Waals surface area contributed by atoms with Gasteiger partial charge in [-0.2, -0.15) is 0 Å². The van der Waals surface area contributed by atoms with Gasteiger partial charge in [-0.3, -0.25) is 4.98 Å². The number of allylic oxidation sites excluding steroid dienone is 2. The fraction of sp³-hybridized carbons (Fsp3) is 0.111. The molecule has 0 amide bonds. The highest BCUT2D eigenvalue weighted by molar-refractivity contribution is 6.08. The number of halogens is 2. The minimum absolute atomic E-state index is 0.157. The van der Waals surface area contributed by atoms with E-state index in [0.29, 0.717) is 16.7 Å². The molecule has 0 saturated carbocycles. The molecule has 6 rings (SSSR count). The molecule has 6 heteroatoms. The fourth-order valence-corrected chi connectivity index (χ4v) is 4.85. The molecule has 0 fully saturated rings. The first kappa shape index (κ1) is 19.8. The zero-order valence-electron chi connectivity index (χ0n) is 17.8. The maximum absolute atomic E-state index is 15.2. The maximum atomic E-state index is 15.2. The average Bonchev–Trinajstić information content (AvgIpc) is 3.10. The van der Waals surface area contributed by atoms with Crippen LogP contribution in [0.5, 0.6) is 0 Å². The fourth-order valence-electron chi connectivity index (χ4n) is 4.85. The summed E-state index contributed by atoms with van der Waals surface area (Å²) < 4.78 is 30.9. The van der Waals surface area contributed by atoms with Crippen molar-refractivity contribution in [1.82, 2.24) is 9.38 Å². The molecule has 0 aliphatic heterocycles. The highest BCUT2D eigenvalue weighted by Gasteiger charge is 2.21. The second kappa shape index (κ2) is 7.05. The summed E-state index contributed by atoms with van der Waals surface area (Å²) in [6.07, 6.45) is 7.70. The van der Waals surface area contributed by atoms with E-state index in [2.05, 4.69) is 4.98 Å². The van der Waals surface area contributed by atoms with Crippen molar-refractivity contribution in [1.29, 1.82) is 5.41 Å². The number of rotatable bonds is 2. The van der Waals surface area contributed by atoms with E-state index < -0.39 is 11.6 Å². The Morgan fingerprint density at radius 1 is 1.03 bits per heavy atom. The van der Waals surface area contributed by atoms with E-state index in [0.717, 1.165) is 32.9 Å². The number of nitrogens with zero attached hydrogens (tertiary/aromatic N) is 2. The number of pyridine rings is 2. The zero-order valence-corrected chi connectivity index (χ0v) is 17.8. The van der Waals surface area contributed by atoms with Crippen molar-refractivity contribution in [2.75, 3.05) is 0 Å². The zero-order chi connectivity index (χ0) is 22.9. The van der Waals surface area contributed by atoms with Gasteiger partial charge in [-0.1, -0.05) is 24.3 Å². The summed E-state index contributed by atoms with van der Waals surface area (Å²) >= 11 is 0. The van der Waals surface area contributed by atoms with Gasteiger partial charge in [0.15, 0.2) is 5.82 Å². The molecule has 2 atom stereocenters. The minimum atomic E-state index is -0.472. The van der Waals surface area contributed by atoms with Crippen LogP contribution in [0.15, 0.2) is 73.0 Å². The van der Waals surface area contributed by atoms with Crippen LogP contribution in [-0.4, -0.2) is 21.1 Å². The summed E-state index contributed by atoms with van der Waals surface area (Å²) in [5.41, 5.74) is 11.2. The molecule has 0 bridgehead atoms. The van der Waals surface area contributed by atoms with Crippen LogP contribution < -0.4 is 5.73 Å². The lowest BCUT2D eigenvalue weighted by Crippen LogP contribution is -2.32. The third-order valence-corrected chi connectivity index (χ3v) is 6.52. The molecule has 162 valence electrons. The van der Waals surface area contributed by atoms with Crippen molar-refractivity contribution in [3.05, 3.63) is 90.2 Å². The lowest BCUT2D eigenvalue weighted by atomic mass is 9.86. The first-order valence-electron chi connectivity index (χ1n) is 10.7. The number of hydrogen-bond acceptors (Lipinski definition) is 3. The molecule has 3 aromatic heterocycles. The topological polar surface area (TPSA) is 67.2 Å². The van der Waals surface area contributed by atoms with E-state index in [4.69, 9.17) is 11.1 Å². The summed E-state index contributed by atoms with van der Waals surface area (Å²) in [7, 11) is 0. The van der Waals surface area contributed by atoms with Gasteiger partial charge in [0.1, 0.15) is 5.82 Å². The van der Waals surface area contributed by atoms with Crippen LogP contribution in [0.3, 0.4) is 0 Å². The number of benzene rings is 2. The van der Waals surface area contributed by atoms with Crippen LogP contribution in [0.4, 0.5) is 8.78 Å². The average molecular weight is 438 g/mol. The van der Waals surface area contributed by atoms with Crippen molar-refractivity contribution in [2.45, 2.75) is 13.0 Å². The van der Waals surface area contributed by atoms with Crippen LogP contribution in [0.1, 0.15) is 12.5 Å². The number of aromatic nitrogens is 2. The molecule has 3 heterocycles. The molecule has 3 N–H and O–H groups in total. The number of nitrogens with two attached hydrogens (primary N) is 1. The predicted molar refractivity (Wildman–Crippen MR) is 130 cm³/mol. The Hall–Kier alpha value is -3.90. The summed E-state index contributed by atoms with van der Waals surface area (Å²) in [4.78, 5) is 4.60. The van der Waals surface area contributed by atoms with E-state index in [1.165, 1.54) is 12.1 Å². The van der Waals surface area contributed by atoms with Crippen molar-refractivity contribution in [2.24, 2.45) is 11.7 Å². The van der Waals surface area contributed by atoms with Gasteiger partial charge in [0.2, 0.25) is 0 Å². The highest BCUT2D eigenvalue weighted by atomic mass is 19.1. The van der Waals surface area contributed by atoms with Crippen LogP contribution >= 0.6 is 0 Å².